The third-order valence-corrected chi connectivity index (χ3v) is 3.59. The van der Waals surface area contributed by atoms with Gasteiger partial charge < -0.3 is 10.6 Å². The molecule has 19 heavy (non-hydrogen) atoms. The van der Waals surface area contributed by atoms with E-state index in [0.717, 1.165) is 32.2 Å². The van der Waals surface area contributed by atoms with Gasteiger partial charge in [-0.05, 0) is 44.7 Å². The molecule has 0 aliphatic heterocycles. The van der Waals surface area contributed by atoms with Gasteiger partial charge in [0.05, 0.1) is 0 Å². The molecule has 0 saturated heterocycles. The van der Waals surface area contributed by atoms with Crippen molar-refractivity contribution in [2.75, 3.05) is 6.54 Å². The summed E-state index contributed by atoms with van der Waals surface area (Å²) in [5, 5.41) is 0. The van der Waals surface area contributed by atoms with Crippen LogP contribution in [0.3, 0.4) is 0 Å². The monoisotopic (exact) mass is 260 g/mol. The number of rotatable bonds is 7. The van der Waals surface area contributed by atoms with Gasteiger partial charge in [0.1, 0.15) is 0 Å². The summed E-state index contributed by atoms with van der Waals surface area (Å²) < 4.78 is 0. The highest BCUT2D eigenvalue weighted by Gasteiger charge is 2.31. The van der Waals surface area contributed by atoms with Crippen molar-refractivity contribution in [1.82, 2.24) is 4.90 Å². The standard InChI is InChI=1S/C16H24N2O/c1-13-5-4-6-14(11-13)12-18(15-8-9-15)16(19)7-2-3-10-17/h4-6,11,15H,2-3,7-10,12,17H2,1H3. The average molecular weight is 260 g/mol. The zero-order valence-electron chi connectivity index (χ0n) is 11.8. The van der Waals surface area contributed by atoms with Crippen molar-refractivity contribution in [3.63, 3.8) is 0 Å². The van der Waals surface area contributed by atoms with Gasteiger partial charge >= 0.3 is 0 Å². The van der Waals surface area contributed by atoms with Crippen LogP contribution in [-0.2, 0) is 11.3 Å². The molecule has 104 valence electrons. The van der Waals surface area contributed by atoms with Crippen molar-refractivity contribution < 1.29 is 4.79 Å². The predicted octanol–water partition coefficient (Wildman–Crippen LogP) is 2.62. The molecule has 1 aromatic carbocycles. The zero-order valence-corrected chi connectivity index (χ0v) is 11.8. The van der Waals surface area contributed by atoms with E-state index >= 15 is 0 Å². The highest BCUT2D eigenvalue weighted by atomic mass is 16.2. The summed E-state index contributed by atoms with van der Waals surface area (Å²) in [6.07, 6.45) is 4.81. The molecular formula is C16H24N2O. The Labute approximate surface area is 115 Å². The molecule has 0 heterocycles. The third kappa shape index (κ3) is 4.35. The van der Waals surface area contributed by atoms with Gasteiger partial charge in [0.15, 0.2) is 0 Å². The molecular weight excluding hydrogens is 236 g/mol. The number of benzene rings is 1. The maximum atomic E-state index is 12.3. The highest BCUT2D eigenvalue weighted by molar-refractivity contribution is 5.76. The van der Waals surface area contributed by atoms with E-state index in [0.29, 0.717) is 19.0 Å². The fourth-order valence-corrected chi connectivity index (χ4v) is 2.38. The number of aryl methyl sites for hydroxylation is 1. The minimum Gasteiger partial charge on any atom is -0.335 e. The second kappa shape index (κ2) is 6.71. The molecule has 1 fully saturated rings. The van der Waals surface area contributed by atoms with Crippen LogP contribution in [0.2, 0.25) is 0 Å². The van der Waals surface area contributed by atoms with E-state index in [-0.39, 0.29) is 5.91 Å². The van der Waals surface area contributed by atoms with E-state index in [1.54, 1.807) is 0 Å². The van der Waals surface area contributed by atoms with Crippen LogP contribution < -0.4 is 5.73 Å². The molecule has 1 aromatic rings. The minimum absolute atomic E-state index is 0.289. The molecule has 2 rings (SSSR count). The van der Waals surface area contributed by atoms with Crippen molar-refractivity contribution in [1.29, 1.82) is 0 Å². The van der Waals surface area contributed by atoms with Gasteiger partial charge in [0.2, 0.25) is 5.91 Å². The molecule has 3 heteroatoms. The largest absolute Gasteiger partial charge is 0.335 e. The molecule has 1 aliphatic rings. The van der Waals surface area contributed by atoms with E-state index in [4.69, 9.17) is 5.73 Å². The van der Waals surface area contributed by atoms with Gasteiger partial charge in [-0.15, -0.1) is 0 Å². The molecule has 0 unspecified atom stereocenters. The van der Waals surface area contributed by atoms with Crippen molar-refractivity contribution in [3.05, 3.63) is 35.4 Å². The summed E-state index contributed by atoms with van der Waals surface area (Å²) in [6, 6.07) is 8.91. The first-order chi connectivity index (χ1) is 9.20. The van der Waals surface area contributed by atoms with Crippen LogP contribution in [-0.4, -0.2) is 23.4 Å². The van der Waals surface area contributed by atoms with Crippen LogP contribution in [0.25, 0.3) is 0 Å². The number of nitrogens with zero attached hydrogens (tertiary/aromatic N) is 1. The van der Waals surface area contributed by atoms with Crippen molar-refractivity contribution in [2.24, 2.45) is 5.73 Å². The summed E-state index contributed by atoms with van der Waals surface area (Å²) in [7, 11) is 0. The lowest BCUT2D eigenvalue weighted by Crippen LogP contribution is -2.32. The van der Waals surface area contributed by atoms with E-state index in [2.05, 4.69) is 36.1 Å². The van der Waals surface area contributed by atoms with Crippen LogP contribution >= 0.6 is 0 Å². The number of carbonyl (C=O) groups is 1. The molecule has 1 aliphatic carbocycles. The van der Waals surface area contributed by atoms with Gasteiger partial charge in [0.25, 0.3) is 0 Å². The maximum Gasteiger partial charge on any atom is 0.223 e. The lowest BCUT2D eigenvalue weighted by Gasteiger charge is -2.23. The van der Waals surface area contributed by atoms with Gasteiger partial charge in [-0.3, -0.25) is 4.79 Å². The Hall–Kier alpha value is -1.35. The summed E-state index contributed by atoms with van der Waals surface area (Å²) in [5.74, 6) is 0.289. The maximum absolute atomic E-state index is 12.3. The van der Waals surface area contributed by atoms with E-state index in [1.165, 1.54) is 11.1 Å². The summed E-state index contributed by atoms with van der Waals surface area (Å²) in [6.45, 7) is 3.52. The van der Waals surface area contributed by atoms with Crippen molar-refractivity contribution >= 4 is 5.91 Å². The molecule has 0 aromatic heterocycles. The number of carbonyl (C=O) groups excluding carboxylic acids is 1. The molecule has 2 N–H and O–H groups in total. The first-order valence-electron chi connectivity index (χ1n) is 7.26. The Morgan fingerprint density at radius 2 is 2.16 bits per heavy atom. The van der Waals surface area contributed by atoms with Crippen molar-refractivity contribution in [3.8, 4) is 0 Å². The second-order valence-corrected chi connectivity index (χ2v) is 5.49. The zero-order chi connectivity index (χ0) is 13.7. The first kappa shape index (κ1) is 14.1. The number of amides is 1. The third-order valence-electron chi connectivity index (χ3n) is 3.59. The fourth-order valence-electron chi connectivity index (χ4n) is 2.38. The fraction of sp³-hybridized carbons (Fsp3) is 0.562. The number of unbranched alkanes of at least 4 members (excludes halogenated alkanes) is 1. The summed E-state index contributed by atoms with van der Waals surface area (Å²) in [4.78, 5) is 14.3. The summed E-state index contributed by atoms with van der Waals surface area (Å²) >= 11 is 0. The van der Waals surface area contributed by atoms with Crippen LogP contribution in [0.5, 0.6) is 0 Å². The van der Waals surface area contributed by atoms with Crippen molar-refractivity contribution in [2.45, 2.75) is 51.6 Å². The second-order valence-electron chi connectivity index (χ2n) is 5.49. The number of hydrogen-bond acceptors (Lipinski definition) is 2. The SMILES string of the molecule is Cc1cccc(CN(C(=O)CCCCN)C2CC2)c1. The molecule has 1 amide bonds. The molecule has 0 radical (unpaired) electrons. The van der Waals surface area contributed by atoms with Crippen LogP contribution in [0, 0.1) is 6.92 Å². The minimum atomic E-state index is 0.289. The number of hydrogen-bond donors (Lipinski definition) is 1. The van der Waals surface area contributed by atoms with E-state index < -0.39 is 0 Å². The molecule has 1 saturated carbocycles. The van der Waals surface area contributed by atoms with Crippen LogP contribution in [0.4, 0.5) is 0 Å². The lowest BCUT2D eigenvalue weighted by atomic mass is 10.1. The van der Waals surface area contributed by atoms with Crippen LogP contribution in [0.15, 0.2) is 24.3 Å². The van der Waals surface area contributed by atoms with Crippen LogP contribution in [0.1, 0.15) is 43.2 Å². The van der Waals surface area contributed by atoms with E-state index in [1.807, 2.05) is 0 Å². The molecule has 0 atom stereocenters. The molecule has 0 bridgehead atoms. The van der Waals surface area contributed by atoms with Gasteiger partial charge in [0, 0.05) is 19.0 Å². The Bertz CT molecular complexity index is 427. The first-order valence-corrected chi connectivity index (χ1v) is 7.26. The van der Waals surface area contributed by atoms with E-state index in [9.17, 15) is 4.79 Å². The predicted molar refractivity (Wildman–Crippen MR) is 77.7 cm³/mol. The van der Waals surface area contributed by atoms with Gasteiger partial charge in [-0.25, -0.2) is 0 Å². The Morgan fingerprint density at radius 1 is 1.37 bits per heavy atom. The highest BCUT2D eigenvalue weighted by Crippen LogP contribution is 2.29. The quantitative estimate of drug-likeness (QED) is 0.766. The Kier molecular flexibility index (Phi) is 4.97. The van der Waals surface area contributed by atoms with Gasteiger partial charge in [-0.2, -0.15) is 0 Å². The topological polar surface area (TPSA) is 46.3 Å². The molecule has 0 spiro atoms. The normalized spacial score (nSPS) is 14.4. The average Bonchev–Trinajstić information content (AvgIpc) is 3.20. The Balaban J connectivity index is 1.94. The Morgan fingerprint density at radius 3 is 2.79 bits per heavy atom. The smallest absolute Gasteiger partial charge is 0.223 e. The van der Waals surface area contributed by atoms with Gasteiger partial charge in [-0.1, -0.05) is 29.8 Å². The molecule has 3 nitrogen and oxygen atoms in total. The summed E-state index contributed by atoms with van der Waals surface area (Å²) in [5.41, 5.74) is 7.97. The lowest BCUT2D eigenvalue weighted by molar-refractivity contribution is -0.132. The number of nitrogens with two attached hydrogens (primary N) is 1.